The van der Waals surface area contributed by atoms with E-state index in [-0.39, 0.29) is 35.0 Å². The van der Waals surface area contributed by atoms with Crippen LogP contribution < -0.4 is 20.7 Å². The molecule has 1 aromatic heterocycles. The highest BCUT2D eigenvalue weighted by molar-refractivity contribution is 6.01. The molecule has 3 amide bonds. The van der Waals surface area contributed by atoms with E-state index in [1.165, 1.54) is 25.3 Å². The van der Waals surface area contributed by atoms with E-state index in [0.29, 0.717) is 29.9 Å². The summed E-state index contributed by atoms with van der Waals surface area (Å²) in [7, 11) is 1.46. The summed E-state index contributed by atoms with van der Waals surface area (Å²) in [6, 6.07) is 4.55. The maximum absolute atomic E-state index is 14.2. The molecule has 10 heteroatoms. The van der Waals surface area contributed by atoms with Crippen LogP contribution in [0.25, 0.3) is 10.9 Å². The highest BCUT2D eigenvalue weighted by Gasteiger charge is 2.39. The van der Waals surface area contributed by atoms with E-state index in [1.807, 2.05) is 13.8 Å². The maximum Gasteiger partial charge on any atom is 0.268 e. The molecule has 2 unspecified atom stereocenters. The smallest absolute Gasteiger partial charge is 0.268 e. The Morgan fingerprint density at radius 2 is 2.03 bits per heavy atom. The Balaban J connectivity index is 1.46. The van der Waals surface area contributed by atoms with Crippen molar-refractivity contribution in [2.75, 3.05) is 7.11 Å². The number of nitrogens with one attached hydrogen (secondary N) is 4. The molecule has 0 bridgehead atoms. The summed E-state index contributed by atoms with van der Waals surface area (Å²) < 4.78 is 19.5. The third-order valence-corrected chi connectivity index (χ3v) is 6.64. The fraction of sp³-hybridized carbons (Fsp3) is 0.520. The van der Waals surface area contributed by atoms with Gasteiger partial charge in [0.1, 0.15) is 29.3 Å². The molecule has 1 saturated heterocycles. The standard InChI is InChI=1S/C25H30FN5O4/c1-25(2)11-14(22(32)31-25)9-15(12-27)28-23(33)18(8-13-4-5-13)30-24(34)19-10-16-20(35-3)7-6-17(26)21(16)29-19/h6-7,10,13-15,18,29H,4-5,8-9,11H2,1-3H3,(H,28,33)(H,30,34)(H,31,32)/t14-,15?,18?/m1/s1. The minimum absolute atomic E-state index is 0.0960. The van der Waals surface area contributed by atoms with Crippen LogP contribution >= 0.6 is 0 Å². The Bertz CT molecular complexity index is 1200. The van der Waals surface area contributed by atoms with Gasteiger partial charge in [-0.1, -0.05) is 12.8 Å². The molecular formula is C25H30FN5O4. The average Bonchev–Trinajstić information content (AvgIpc) is 3.43. The van der Waals surface area contributed by atoms with Crippen molar-refractivity contribution >= 4 is 28.6 Å². The Morgan fingerprint density at radius 1 is 1.29 bits per heavy atom. The molecule has 2 aliphatic rings. The molecule has 0 spiro atoms. The SMILES string of the molecule is COc1ccc(F)c2[nH]c(C(=O)NC(CC3CC3)C(=O)NC(C#N)C[C@@H]3CC(C)(C)NC3=O)cc12. The van der Waals surface area contributed by atoms with E-state index >= 15 is 0 Å². The first-order valence-corrected chi connectivity index (χ1v) is 11.8. The molecule has 186 valence electrons. The number of carbonyl (C=O) groups excluding carboxylic acids is 3. The van der Waals surface area contributed by atoms with Gasteiger partial charge in [-0.25, -0.2) is 4.39 Å². The van der Waals surface area contributed by atoms with Crippen molar-refractivity contribution in [2.24, 2.45) is 11.8 Å². The van der Waals surface area contributed by atoms with Crippen LogP contribution in [0.1, 0.15) is 56.4 Å². The minimum Gasteiger partial charge on any atom is -0.496 e. The lowest BCUT2D eigenvalue weighted by Gasteiger charge is -2.21. The molecule has 3 atom stereocenters. The van der Waals surface area contributed by atoms with Crippen LogP contribution in [0.5, 0.6) is 5.75 Å². The number of ether oxygens (including phenoxy) is 1. The summed E-state index contributed by atoms with van der Waals surface area (Å²) in [5.41, 5.74) is -0.116. The number of nitrogens with zero attached hydrogens (tertiary/aromatic N) is 1. The first-order chi connectivity index (χ1) is 16.6. The summed E-state index contributed by atoms with van der Waals surface area (Å²) >= 11 is 0. The van der Waals surface area contributed by atoms with Crippen LogP contribution in [0, 0.1) is 29.0 Å². The van der Waals surface area contributed by atoms with Crippen LogP contribution in [0.4, 0.5) is 4.39 Å². The molecule has 4 rings (SSSR count). The van der Waals surface area contributed by atoms with Crippen molar-refractivity contribution in [3.63, 3.8) is 0 Å². The van der Waals surface area contributed by atoms with Gasteiger partial charge in [-0.2, -0.15) is 5.26 Å². The van der Waals surface area contributed by atoms with Gasteiger partial charge in [0.25, 0.3) is 5.91 Å². The highest BCUT2D eigenvalue weighted by atomic mass is 19.1. The number of benzene rings is 1. The van der Waals surface area contributed by atoms with Crippen LogP contribution in [0.15, 0.2) is 18.2 Å². The number of hydrogen-bond donors (Lipinski definition) is 4. The van der Waals surface area contributed by atoms with Crippen molar-refractivity contribution in [1.29, 1.82) is 5.26 Å². The first-order valence-electron chi connectivity index (χ1n) is 11.8. The molecule has 4 N–H and O–H groups in total. The maximum atomic E-state index is 14.2. The lowest BCUT2D eigenvalue weighted by atomic mass is 9.92. The van der Waals surface area contributed by atoms with Gasteiger partial charge < -0.3 is 25.7 Å². The molecule has 1 aliphatic carbocycles. The third kappa shape index (κ3) is 5.56. The monoisotopic (exact) mass is 483 g/mol. The number of aromatic amines is 1. The van der Waals surface area contributed by atoms with Gasteiger partial charge in [0.2, 0.25) is 11.8 Å². The van der Waals surface area contributed by atoms with Crippen LogP contribution in [0.3, 0.4) is 0 Å². The summed E-state index contributed by atoms with van der Waals surface area (Å²) in [4.78, 5) is 41.1. The van der Waals surface area contributed by atoms with Crippen LogP contribution in [-0.2, 0) is 9.59 Å². The van der Waals surface area contributed by atoms with Crippen molar-refractivity contribution in [3.05, 3.63) is 29.7 Å². The van der Waals surface area contributed by atoms with Crippen LogP contribution in [-0.4, -0.2) is 47.4 Å². The van der Waals surface area contributed by atoms with Crippen molar-refractivity contribution < 1.29 is 23.5 Å². The summed E-state index contributed by atoms with van der Waals surface area (Å²) in [5.74, 6) is -1.34. The zero-order valence-corrected chi connectivity index (χ0v) is 20.0. The van der Waals surface area contributed by atoms with E-state index < -0.39 is 29.7 Å². The fourth-order valence-electron chi connectivity index (χ4n) is 4.70. The van der Waals surface area contributed by atoms with Gasteiger partial charge >= 0.3 is 0 Å². The number of H-pyrrole nitrogens is 1. The predicted molar refractivity (Wildman–Crippen MR) is 126 cm³/mol. The number of rotatable bonds is 9. The van der Waals surface area contributed by atoms with E-state index in [2.05, 4.69) is 27.0 Å². The number of fused-ring (bicyclic) bond motifs is 1. The molecule has 2 fully saturated rings. The second-order valence-electron chi connectivity index (χ2n) is 10.1. The third-order valence-electron chi connectivity index (χ3n) is 6.64. The number of aromatic nitrogens is 1. The Kier molecular flexibility index (Phi) is 6.70. The molecule has 2 aromatic rings. The zero-order chi connectivity index (χ0) is 25.3. The minimum atomic E-state index is -0.864. The molecule has 9 nitrogen and oxygen atoms in total. The molecule has 0 radical (unpaired) electrons. The van der Waals surface area contributed by atoms with Gasteiger partial charge in [0, 0.05) is 16.8 Å². The summed E-state index contributed by atoms with van der Waals surface area (Å²) in [6.07, 6.45) is 3.14. The molecule has 1 aliphatic heterocycles. The van der Waals surface area contributed by atoms with E-state index in [1.54, 1.807) is 0 Å². The van der Waals surface area contributed by atoms with Gasteiger partial charge in [0.15, 0.2) is 0 Å². The quantitative estimate of drug-likeness (QED) is 0.435. The molecule has 1 saturated carbocycles. The predicted octanol–water partition coefficient (Wildman–Crippen LogP) is 2.53. The Labute approximate surface area is 202 Å². The Hall–Kier alpha value is -3.61. The van der Waals surface area contributed by atoms with Crippen LogP contribution in [0.2, 0.25) is 0 Å². The Morgan fingerprint density at radius 3 is 2.63 bits per heavy atom. The summed E-state index contributed by atoms with van der Waals surface area (Å²) in [6.45, 7) is 3.83. The lowest BCUT2D eigenvalue weighted by molar-refractivity contribution is -0.125. The van der Waals surface area contributed by atoms with Gasteiger partial charge in [-0.15, -0.1) is 0 Å². The number of hydrogen-bond acceptors (Lipinski definition) is 5. The zero-order valence-electron chi connectivity index (χ0n) is 20.0. The van der Waals surface area contributed by atoms with Gasteiger partial charge in [-0.3, -0.25) is 14.4 Å². The molecule has 1 aromatic carbocycles. The van der Waals surface area contributed by atoms with Crippen molar-refractivity contribution in [2.45, 2.75) is 63.6 Å². The average molecular weight is 484 g/mol. The number of carbonyl (C=O) groups is 3. The van der Waals surface area contributed by atoms with Gasteiger partial charge in [-0.05, 0) is 57.2 Å². The first kappa shape index (κ1) is 24.5. The van der Waals surface area contributed by atoms with Gasteiger partial charge in [0.05, 0.1) is 18.7 Å². The normalized spacial score (nSPS) is 20.5. The van der Waals surface area contributed by atoms with Crippen molar-refractivity contribution in [1.82, 2.24) is 20.9 Å². The van der Waals surface area contributed by atoms with E-state index in [9.17, 15) is 24.0 Å². The lowest BCUT2D eigenvalue weighted by Crippen LogP contribution is -2.50. The number of halogens is 1. The number of nitriles is 1. The highest BCUT2D eigenvalue weighted by Crippen LogP contribution is 2.34. The number of amides is 3. The largest absolute Gasteiger partial charge is 0.496 e. The molecular weight excluding hydrogens is 453 g/mol. The van der Waals surface area contributed by atoms with E-state index in [4.69, 9.17) is 4.74 Å². The molecule has 35 heavy (non-hydrogen) atoms. The fourth-order valence-corrected chi connectivity index (χ4v) is 4.70. The second kappa shape index (κ2) is 9.56. The van der Waals surface area contributed by atoms with Crippen molar-refractivity contribution in [3.8, 4) is 11.8 Å². The topological polar surface area (TPSA) is 136 Å². The summed E-state index contributed by atoms with van der Waals surface area (Å²) in [5, 5.41) is 18.4. The molecule has 2 heterocycles. The second-order valence-corrected chi connectivity index (χ2v) is 10.1. The number of methoxy groups -OCH3 is 1. The van der Waals surface area contributed by atoms with E-state index in [0.717, 1.165) is 12.8 Å².